The fourth-order valence-electron chi connectivity index (χ4n) is 4.74. The third-order valence-corrected chi connectivity index (χ3v) is 7.58. The maximum Gasteiger partial charge on any atom is 0.168 e. The summed E-state index contributed by atoms with van der Waals surface area (Å²) in [5.41, 5.74) is 1.61. The van der Waals surface area contributed by atoms with Crippen LogP contribution >= 0.6 is 11.9 Å². The van der Waals surface area contributed by atoms with Gasteiger partial charge in [0.1, 0.15) is 11.6 Å². The normalized spacial score (nSPS) is 16.1. The number of nitrogens with zero attached hydrogens (tertiary/aromatic N) is 5. The van der Waals surface area contributed by atoms with E-state index >= 15 is 4.39 Å². The van der Waals surface area contributed by atoms with Gasteiger partial charge in [0, 0.05) is 42.5 Å². The molecular weight excluding hydrogens is 491 g/mol. The first kappa shape index (κ1) is 25.8. The van der Waals surface area contributed by atoms with Gasteiger partial charge in [-0.3, -0.25) is 0 Å². The van der Waals surface area contributed by atoms with E-state index in [0.717, 1.165) is 30.0 Å². The molecule has 4 aromatic rings. The quantitative estimate of drug-likeness (QED) is 0.409. The smallest absolute Gasteiger partial charge is 0.168 e. The predicted octanol–water partition coefficient (Wildman–Crippen LogP) is 3.92. The first-order valence-electron chi connectivity index (χ1n) is 11.2. The molecule has 0 atom stereocenters. The summed E-state index contributed by atoms with van der Waals surface area (Å²) in [6, 6.07) is 14.0. The predicted molar refractivity (Wildman–Crippen MR) is 135 cm³/mol. The Bertz CT molecular complexity index is 1390. The number of fused-ring (bicyclic) bond motifs is 1. The van der Waals surface area contributed by atoms with E-state index < -0.39 is 11.6 Å². The van der Waals surface area contributed by atoms with Crippen LogP contribution in [-0.2, 0) is 0 Å². The summed E-state index contributed by atoms with van der Waals surface area (Å²) in [5.74, 6) is -0.909. The molecule has 1 saturated carbocycles. The summed E-state index contributed by atoms with van der Waals surface area (Å²) < 4.78 is 44.6. The Labute approximate surface area is 210 Å². The zero-order valence-corrected chi connectivity index (χ0v) is 20.3. The molecule has 2 aliphatic rings. The van der Waals surface area contributed by atoms with E-state index in [1.54, 1.807) is 10.2 Å². The Morgan fingerprint density at radius 1 is 0.917 bits per heavy atom. The lowest BCUT2D eigenvalue weighted by Crippen LogP contribution is -2.56. The van der Waals surface area contributed by atoms with Crippen LogP contribution in [0.4, 0.5) is 24.8 Å². The highest BCUT2D eigenvalue weighted by molar-refractivity contribution is 7.98. The Kier molecular flexibility index (Phi) is 6.91. The second kappa shape index (κ2) is 9.64. The minimum Gasteiger partial charge on any atom is -0.412 e. The molecule has 1 aliphatic carbocycles. The summed E-state index contributed by atoms with van der Waals surface area (Å²) in [7, 11) is 0. The van der Waals surface area contributed by atoms with Crippen LogP contribution in [0.2, 0.25) is 0 Å². The minimum atomic E-state index is -0.695. The molecule has 0 radical (unpaired) electrons. The third-order valence-electron chi connectivity index (χ3n) is 6.64. The SMILES string of the molecule is Cc1ccc(Sn2nc(N3CCN(c4ncc(F)cc4F)CC34CC4)c3c(F)cccc32)cc1.O.O. The van der Waals surface area contributed by atoms with Crippen LogP contribution in [0.25, 0.3) is 10.9 Å². The van der Waals surface area contributed by atoms with Crippen LogP contribution in [0.1, 0.15) is 18.4 Å². The van der Waals surface area contributed by atoms with Crippen molar-refractivity contribution in [1.29, 1.82) is 0 Å². The summed E-state index contributed by atoms with van der Waals surface area (Å²) in [6.07, 6.45) is 2.82. The van der Waals surface area contributed by atoms with Crippen molar-refractivity contribution in [2.24, 2.45) is 0 Å². The van der Waals surface area contributed by atoms with Crippen LogP contribution in [0.3, 0.4) is 0 Å². The highest BCUT2D eigenvalue weighted by Gasteiger charge is 2.53. The molecule has 1 spiro atoms. The molecule has 2 aromatic heterocycles. The Morgan fingerprint density at radius 2 is 1.67 bits per heavy atom. The first-order chi connectivity index (χ1) is 16.4. The molecule has 7 nitrogen and oxygen atoms in total. The van der Waals surface area contributed by atoms with E-state index in [1.165, 1.54) is 23.6 Å². The molecule has 3 heterocycles. The Balaban J connectivity index is 0.00000152. The van der Waals surface area contributed by atoms with Crippen molar-refractivity contribution in [3.05, 3.63) is 77.7 Å². The molecule has 4 N–H and O–H groups in total. The molecule has 1 saturated heterocycles. The van der Waals surface area contributed by atoms with Gasteiger partial charge in [0.05, 0.1) is 22.6 Å². The topological polar surface area (TPSA) is 100 Å². The second-order valence-corrected chi connectivity index (χ2v) is 9.99. The number of halogens is 3. The van der Waals surface area contributed by atoms with Crippen molar-refractivity contribution < 1.29 is 24.1 Å². The molecule has 2 aromatic carbocycles. The number of rotatable bonds is 4. The van der Waals surface area contributed by atoms with E-state index in [0.29, 0.717) is 36.4 Å². The van der Waals surface area contributed by atoms with E-state index in [2.05, 4.69) is 9.88 Å². The number of aryl methyl sites for hydroxylation is 1. The second-order valence-electron chi connectivity index (χ2n) is 8.99. The summed E-state index contributed by atoms with van der Waals surface area (Å²) in [6.45, 7) is 3.57. The van der Waals surface area contributed by atoms with Crippen LogP contribution < -0.4 is 9.80 Å². The summed E-state index contributed by atoms with van der Waals surface area (Å²) >= 11 is 1.45. The molecule has 1 aliphatic heterocycles. The van der Waals surface area contributed by atoms with E-state index in [-0.39, 0.29) is 28.1 Å². The van der Waals surface area contributed by atoms with Gasteiger partial charge < -0.3 is 20.8 Å². The van der Waals surface area contributed by atoms with Gasteiger partial charge in [0.2, 0.25) is 0 Å². The van der Waals surface area contributed by atoms with Gasteiger partial charge in [-0.25, -0.2) is 18.2 Å². The van der Waals surface area contributed by atoms with Crippen LogP contribution in [0.5, 0.6) is 0 Å². The number of benzene rings is 2. The van der Waals surface area contributed by atoms with E-state index in [1.807, 2.05) is 42.2 Å². The van der Waals surface area contributed by atoms with Crippen molar-refractivity contribution in [3.8, 4) is 0 Å². The maximum atomic E-state index is 15.1. The molecule has 190 valence electrons. The Hall–Kier alpha value is -3.28. The largest absolute Gasteiger partial charge is 0.412 e. The number of anilines is 2. The van der Waals surface area contributed by atoms with Crippen molar-refractivity contribution in [1.82, 2.24) is 14.2 Å². The minimum absolute atomic E-state index is 0. The number of piperazine rings is 1. The highest BCUT2D eigenvalue weighted by Crippen LogP contribution is 2.49. The highest BCUT2D eigenvalue weighted by atomic mass is 32.2. The summed E-state index contributed by atoms with van der Waals surface area (Å²) in [5, 5.41) is 5.36. The average Bonchev–Trinajstić information content (AvgIpc) is 3.47. The van der Waals surface area contributed by atoms with Crippen LogP contribution in [-0.4, -0.2) is 50.3 Å². The lowest BCUT2D eigenvalue weighted by atomic mass is 10.1. The number of aromatic nitrogens is 3. The monoisotopic (exact) mass is 517 g/mol. The van der Waals surface area contributed by atoms with Gasteiger partial charge in [0.25, 0.3) is 0 Å². The van der Waals surface area contributed by atoms with Crippen LogP contribution in [0.15, 0.2) is 59.6 Å². The van der Waals surface area contributed by atoms with Gasteiger partial charge in [-0.2, -0.15) is 4.09 Å². The molecule has 6 rings (SSSR count). The number of hydrogen-bond donors (Lipinski definition) is 0. The van der Waals surface area contributed by atoms with Gasteiger partial charge in [0.15, 0.2) is 17.5 Å². The van der Waals surface area contributed by atoms with Crippen LogP contribution in [0, 0.1) is 24.4 Å². The van der Waals surface area contributed by atoms with Crippen molar-refractivity contribution in [2.75, 3.05) is 29.4 Å². The summed E-state index contributed by atoms with van der Waals surface area (Å²) in [4.78, 5) is 9.02. The zero-order valence-electron chi connectivity index (χ0n) is 19.5. The van der Waals surface area contributed by atoms with Gasteiger partial charge in [-0.05, 0) is 44.0 Å². The number of hydrogen-bond acceptors (Lipinski definition) is 5. The van der Waals surface area contributed by atoms with Gasteiger partial charge >= 0.3 is 0 Å². The third kappa shape index (κ3) is 4.38. The molecule has 0 bridgehead atoms. The van der Waals surface area contributed by atoms with E-state index in [4.69, 9.17) is 5.10 Å². The lowest BCUT2D eigenvalue weighted by molar-refractivity contribution is 0.490. The molecule has 0 unspecified atom stereocenters. The first-order valence-corrected chi connectivity index (χ1v) is 12.0. The van der Waals surface area contributed by atoms with E-state index in [9.17, 15) is 8.78 Å². The average molecular weight is 518 g/mol. The standard InChI is InChI=1S/C25H22F3N5S.2H2O/c1-16-5-7-18(8-6-16)34-33-21-4-2-3-19(27)22(21)24(30-33)32-12-11-31(15-25(32)9-10-25)23-20(28)13-17(26)14-29-23;;/h2-8,13-14H,9-12,15H2,1H3;2*1H2. The molecule has 11 heteroatoms. The fourth-order valence-corrected chi connectivity index (χ4v) is 5.57. The molecule has 0 amide bonds. The van der Waals surface area contributed by atoms with Gasteiger partial charge in [-0.15, -0.1) is 5.10 Å². The molecular formula is C25H26F3N5O2S. The van der Waals surface area contributed by atoms with Crippen molar-refractivity contribution in [3.63, 3.8) is 0 Å². The van der Waals surface area contributed by atoms with Gasteiger partial charge in [-0.1, -0.05) is 23.8 Å². The zero-order chi connectivity index (χ0) is 23.4. The Morgan fingerprint density at radius 3 is 2.36 bits per heavy atom. The fraction of sp³-hybridized carbons (Fsp3) is 0.280. The maximum absolute atomic E-state index is 15.1. The molecule has 2 fully saturated rings. The lowest BCUT2D eigenvalue weighted by Gasteiger charge is -2.43. The van der Waals surface area contributed by atoms with Crippen molar-refractivity contribution >= 4 is 34.5 Å². The number of pyridine rings is 1. The van der Waals surface area contributed by atoms with Crippen molar-refractivity contribution in [2.45, 2.75) is 30.2 Å². The molecule has 36 heavy (non-hydrogen) atoms.